The Morgan fingerprint density at radius 2 is 2.00 bits per heavy atom. The van der Waals surface area contributed by atoms with E-state index in [2.05, 4.69) is 9.05 Å². The molecule has 0 aromatic rings. The molecule has 0 aliphatic heterocycles. The van der Waals surface area contributed by atoms with Crippen molar-refractivity contribution in [2.45, 2.75) is 19.8 Å². The highest BCUT2D eigenvalue weighted by atomic mass is 35.5. The van der Waals surface area contributed by atoms with E-state index in [-0.39, 0.29) is 13.2 Å². The fourth-order valence-electron chi connectivity index (χ4n) is 0.478. The average Bonchev–Trinajstić information content (AvgIpc) is 2.01. The van der Waals surface area contributed by atoms with Crippen LogP contribution in [0.1, 0.15) is 19.8 Å². The topological polar surface area (TPSA) is 55.8 Å². The molecule has 0 aliphatic carbocycles. The number of phosphoric ester groups is 1. The van der Waals surface area contributed by atoms with Gasteiger partial charge in [0.15, 0.2) is 0 Å². The zero-order valence-corrected chi connectivity index (χ0v) is 8.68. The van der Waals surface area contributed by atoms with Gasteiger partial charge in [-0.3, -0.25) is 9.05 Å². The van der Waals surface area contributed by atoms with Crippen LogP contribution in [0.25, 0.3) is 0 Å². The lowest BCUT2D eigenvalue weighted by Crippen LogP contribution is -1.98. The van der Waals surface area contributed by atoms with E-state index in [9.17, 15) is 4.57 Å². The van der Waals surface area contributed by atoms with Crippen LogP contribution in [0.4, 0.5) is 0 Å². The van der Waals surface area contributed by atoms with E-state index in [1.807, 2.05) is 6.92 Å². The van der Waals surface area contributed by atoms with Crippen molar-refractivity contribution in [2.24, 2.45) is 0 Å². The molecule has 0 fully saturated rings. The van der Waals surface area contributed by atoms with Crippen molar-refractivity contribution in [3.8, 4) is 0 Å². The van der Waals surface area contributed by atoms with Crippen molar-refractivity contribution < 1.29 is 18.5 Å². The van der Waals surface area contributed by atoms with Crippen LogP contribution in [0.2, 0.25) is 0 Å². The van der Waals surface area contributed by atoms with Gasteiger partial charge in [0.1, 0.15) is 0 Å². The molecule has 1 N–H and O–H groups in total. The molecule has 0 spiro atoms. The van der Waals surface area contributed by atoms with Gasteiger partial charge in [0.25, 0.3) is 0 Å². The highest BCUT2D eigenvalue weighted by Crippen LogP contribution is 2.43. The van der Waals surface area contributed by atoms with Crippen LogP contribution >= 0.6 is 19.4 Å². The molecule has 1 atom stereocenters. The third-order valence-electron chi connectivity index (χ3n) is 0.991. The fourth-order valence-corrected chi connectivity index (χ4v) is 1.44. The number of rotatable bonds is 7. The van der Waals surface area contributed by atoms with Crippen LogP contribution < -0.4 is 0 Å². The average molecular weight is 217 g/mol. The number of alkyl halides is 1. The van der Waals surface area contributed by atoms with Crippen LogP contribution in [0.3, 0.4) is 0 Å². The first kappa shape index (κ1) is 12.4. The maximum absolute atomic E-state index is 10.9. The molecule has 0 heterocycles. The van der Waals surface area contributed by atoms with E-state index in [4.69, 9.17) is 16.5 Å². The number of hydrogen-bond acceptors (Lipinski definition) is 3. The lowest BCUT2D eigenvalue weighted by molar-refractivity contribution is 0.150. The summed E-state index contributed by atoms with van der Waals surface area (Å²) in [6.07, 6.45) is 1.23. The highest BCUT2D eigenvalue weighted by molar-refractivity contribution is 7.47. The summed E-state index contributed by atoms with van der Waals surface area (Å²) in [7, 11) is -3.80. The molecule has 6 heteroatoms. The second kappa shape index (κ2) is 6.87. The minimum Gasteiger partial charge on any atom is -0.302 e. The Bertz CT molecular complexity index is 152. The van der Waals surface area contributed by atoms with Crippen molar-refractivity contribution in [2.75, 3.05) is 19.1 Å². The van der Waals surface area contributed by atoms with Crippen molar-refractivity contribution in [3.63, 3.8) is 0 Å². The van der Waals surface area contributed by atoms with Gasteiger partial charge >= 0.3 is 7.82 Å². The summed E-state index contributed by atoms with van der Waals surface area (Å²) < 4.78 is 20.1. The van der Waals surface area contributed by atoms with Crippen molar-refractivity contribution in [3.05, 3.63) is 0 Å². The largest absolute Gasteiger partial charge is 0.472 e. The quantitative estimate of drug-likeness (QED) is 0.403. The zero-order valence-electron chi connectivity index (χ0n) is 7.03. The summed E-state index contributed by atoms with van der Waals surface area (Å²) in [5.41, 5.74) is 0. The summed E-state index contributed by atoms with van der Waals surface area (Å²) >= 11 is 5.34. The molecule has 0 saturated carbocycles. The van der Waals surface area contributed by atoms with Crippen LogP contribution in [0.5, 0.6) is 0 Å². The van der Waals surface area contributed by atoms with Crippen molar-refractivity contribution >= 4 is 19.4 Å². The van der Waals surface area contributed by atoms with E-state index in [0.717, 1.165) is 0 Å². The van der Waals surface area contributed by atoms with Gasteiger partial charge in [-0.1, -0.05) is 6.92 Å². The summed E-state index contributed by atoms with van der Waals surface area (Å²) in [6, 6.07) is 0. The molecule has 0 radical (unpaired) electrons. The summed E-state index contributed by atoms with van der Waals surface area (Å²) in [4.78, 5) is 8.94. The van der Waals surface area contributed by atoms with Crippen LogP contribution in [-0.4, -0.2) is 24.0 Å². The lowest BCUT2D eigenvalue weighted by Gasteiger charge is -2.10. The maximum atomic E-state index is 10.9. The van der Waals surface area contributed by atoms with Crippen molar-refractivity contribution in [1.82, 2.24) is 0 Å². The zero-order chi connectivity index (χ0) is 9.45. The molecular formula is C6H14ClO4P. The molecular weight excluding hydrogens is 202 g/mol. The SMILES string of the molecule is CCCOP(=O)(O)OCCCCl. The molecule has 0 bridgehead atoms. The van der Waals surface area contributed by atoms with E-state index >= 15 is 0 Å². The molecule has 0 amide bonds. The van der Waals surface area contributed by atoms with E-state index in [1.165, 1.54) is 0 Å². The van der Waals surface area contributed by atoms with Gasteiger partial charge < -0.3 is 4.89 Å². The number of phosphoric acid groups is 1. The molecule has 0 aromatic carbocycles. The molecule has 0 saturated heterocycles. The van der Waals surface area contributed by atoms with Crippen LogP contribution in [0, 0.1) is 0 Å². The Morgan fingerprint density at radius 3 is 2.50 bits per heavy atom. The Morgan fingerprint density at radius 1 is 1.42 bits per heavy atom. The van der Waals surface area contributed by atoms with Gasteiger partial charge in [-0.15, -0.1) is 11.6 Å². The maximum Gasteiger partial charge on any atom is 0.472 e. The van der Waals surface area contributed by atoms with Gasteiger partial charge in [-0.05, 0) is 12.8 Å². The molecule has 74 valence electrons. The van der Waals surface area contributed by atoms with Gasteiger partial charge in [-0.2, -0.15) is 0 Å². The Balaban J connectivity index is 3.49. The Hall–Kier alpha value is 0.400. The van der Waals surface area contributed by atoms with E-state index in [0.29, 0.717) is 18.7 Å². The highest BCUT2D eigenvalue weighted by Gasteiger charge is 2.19. The minimum absolute atomic E-state index is 0.154. The summed E-state index contributed by atoms with van der Waals surface area (Å²) in [6.45, 7) is 2.23. The predicted octanol–water partition coefficient (Wildman–Crippen LogP) is 2.16. The fraction of sp³-hybridized carbons (Fsp3) is 1.00. The Kier molecular flexibility index (Phi) is 7.10. The third kappa shape index (κ3) is 7.07. The van der Waals surface area contributed by atoms with E-state index in [1.54, 1.807) is 0 Å². The first-order valence-electron chi connectivity index (χ1n) is 3.80. The summed E-state index contributed by atoms with van der Waals surface area (Å²) in [5, 5.41) is 0. The van der Waals surface area contributed by atoms with Gasteiger partial charge in [0.05, 0.1) is 13.2 Å². The van der Waals surface area contributed by atoms with Gasteiger partial charge in [0, 0.05) is 5.88 Å². The minimum atomic E-state index is -3.80. The summed E-state index contributed by atoms with van der Waals surface area (Å²) in [5.74, 6) is 0.410. The standard InChI is InChI=1S/C6H14ClO4P/c1-2-5-10-12(8,9)11-6-3-4-7/h2-6H2,1H3,(H,8,9). The Labute approximate surface area is 77.4 Å². The van der Waals surface area contributed by atoms with Gasteiger partial charge in [0.2, 0.25) is 0 Å². The van der Waals surface area contributed by atoms with E-state index < -0.39 is 7.82 Å². The smallest absolute Gasteiger partial charge is 0.302 e. The number of hydrogen-bond donors (Lipinski definition) is 1. The third-order valence-corrected chi connectivity index (χ3v) is 2.28. The van der Waals surface area contributed by atoms with Crippen LogP contribution in [-0.2, 0) is 13.6 Å². The molecule has 1 unspecified atom stereocenters. The number of halogens is 1. The molecule has 4 nitrogen and oxygen atoms in total. The molecule has 0 rings (SSSR count). The molecule has 0 aliphatic rings. The van der Waals surface area contributed by atoms with Gasteiger partial charge in [-0.25, -0.2) is 4.57 Å². The van der Waals surface area contributed by atoms with Crippen molar-refractivity contribution in [1.29, 1.82) is 0 Å². The monoisotopic (exact) mass is 216 g/mol. The lowest BCUT2D eigenvalue weighted by atomic mass is 10.5. The predicted molar refractivity (Wildman–Crippen MR) is 47.4 cm³/mol. The first-order valence-corrected chi connectivity index (χ1v) is 5.83. The normalized spacial score (nSPS) is 15.9. The molecule has 0 aromatic heterocycles. The first-order chi connectivity index (χ1) is 5.62. The van der Waals surface area contributed by atoms with Crippen LogP contribution in [0.15, 0.2) is 0 Å². The molecule has 12 heavy (non-hydrogen) atoms. The second-order valence-corrected chi connectivity index (χ2v) is 4.01. The second-order valence-electron chi connectivity index (χ2n) is 2.18.